The number of H-pyrrole nitrogens is 1. The lowest BCUT2D eigenvalue weighted by Crippen LogP contribution is -2.37. The SMILES string of the molecule is Cc1cccc(-c2[nH]c(C3CCN(S(=O)(=O)c4ccsc4)CC3)nc2-c2ccc3c(c2)OCO3)n1. The molecule has 3 aromatic heterocycles. The van der Waals surface area contributed by atoms with E-state index in [1.165, 1.54) is 11.3 Å². The van der Waals surface area contributed by atoms with Gasteiger partial charge >= 0.3 is 0 Å². The Labute approximate surface area is 207 Å². The second-order valence-electron chi connectivity index (χ2n) is 8.72. The van der Waals surface area contributed by atoms with Gasteiger partial charge in [0.1, 0.15) is 5.82 Å². The molecule has 0 amide bonds. The third-order valence-electron chi connectivity index (χ3n) is 6.49. The van der Waals surface area contributed by atoms with Crippen LogP contribution >= 0.6 is 11.3 Å². The number of benzene rings is 1. The molecule has 0 aliphatic carbocycles. The predicted molar refractivity (Wildman–Crippen MR) is 133 cm³/mol. The topological polar surface area (TPSA) is 97.4 Å². The zero-order valence-electron chi connectivity index (χ0n) is 19.1. The van der Waals surface area contributed by atoms with E-state index in [0.717, 1.165) is 39.9 Å². The van der Waals surface area contributed by atoms with Crippen molar-refractivity contribution in [2.24, 2.45) is 0 Å². The minimum atomic E-state index is -3.45. The molecule has 1 saturated heterocycles. The molecule has 6 rings (SSSR count). The van der Waals surface area contributed by atoms with Gasteiger partial charge in [-0.05, 0) is 61.5 Å². The summed E-state index contributed by atoms with van der Waals surface area (Å²) in [5, 5.41) is 3.48. The highest BCUT2D eigenvalue weighted by Gasteiger charge is 2.32. The monoisotopic (exact) mass is 508 g/mol. The van der Waals surface area contributed by atoms with Crippen molar-refractivity contribution in [3.8, 4) is 34.1 Å². The van der Waals surface area contributed by atoms with Crippen molar-refractivity contribution < 1.29 is 17.9 Å². The molecule has 0 saturated carbocycles. The number of rotatable bonds is 5. The molecule has 35 heavy (non-hydrogen) atoms. The number of imidazole rings is 1. The first-order valence-corrected chi connectivity index (χ1v) is 13.8. The first-order valence-electron chi connectivity index (χ1n) is 11.5. The molecule has 1 N–H and O–H groups in total. The average molecular weight is 509 g/mol. The van der Waals surface area contributed by atoms with E-state index in [1.807, 2.05) is 43.3 Å². The molecule has 10 heteroatoms. The summed E-state index contributed by atoms with van der Waals surface area (Å²) in [7, 11) is -3.45. The highest BCUT2D eigenvalue weighted by molar-refractivity contribution is 7.89. The summed E-state index contributed by atoms with van der Waals surface area (Å²) >= 11 is 1.39. The molecule has 1 fully saturated rings. The molecule has 0 unspecified atom stereocenters. The number of thiophene rings is 1. The second-order valence-corrected chi connectivity index (χ2v) is 11.4. The first kappa shape index (κ1) is 22.3. The number of nitrogens with one attached hydrogen (secondary N) is 1. The summed E-state index contributed by atoms with van der Waals surface area (Å²) in [5.74, 6) is 2.39. The highest BCUT2D eigenvalue weighted by Crippen LogP contribution is 2.40. The molecular weight excluding hydrogens is 484 g/mol. The number of fused-ring (bicyclic) bond motifs is 1. The van der Waals surface area contributed by atoms with Gasteiger partial charge in [0, 0.05) is 35.6 Å². The van der Waals surface area contributed by atoms with Crippen LogP contribution < -0.4 is 9.47 Å². The Bertz CT molecular complexity index is 1470. The number of aromatic nitrogens is 3. The number of nitrogens with zero attached hydrogens (tertiary/aromatic N) is 3. The summed E-state index contributed by atoms with van der Waals surface area (Å²) in [6.45, 7) is 3.09. The minimum Gasteiger partial charge on any atom is -0.454 e. The van der Waals surface area contributed by atoms with Crippen LogP contribution in [0.2, 0.25) is 0 Å². The Kier molecular flexibility index (Phi) is 5.58. The molecule has 4 aromatic rings. The third-order valence-corrected chi connectivity index (χ3v) is 9.21. The Morgan fingerprint density at radius 1 is 1.06 bits per heavy atom. The van der Waals surface area contributed by atoms with Crippen LogP contribution in [0.3, 0.4) is 0 Å². The number of pyridine rings is 1. The van der Waals surface area contributed by atoms with Gasteiger partial charge in [-0.15, -0.1) is 0 Å². The van der Waals surface area contributed by atoms with Crippen molar-refractivity contribution >= 4 is 21.4 Å². The molecule has 2 aliphatic rings. The fraction of sp³-hybridized carbons (Fsp3) is 0.280. The zero-order valence-corrected chi connectivity index (χ0v) is 20.7. The van der Waals surface area contributed by atoms with E-state index < -0.39 is 10.0 Å². The van der Waals surface area contributed by atoms with E-state index >= 15 is 0 Å². The fourth-order valence-corrected chi connectivity index (χ4v) is 7.11. The van der Waals surface area contributed by atoms with Gasteiger partial charge in [-0.2, -0.15) is 15.6 Å². The van der Waals surface area contributed by atoms with Crippen LogP contribution in [-0.4, -0.2) is 47.6 Å². The van der Waals surface area contributed by atoms with Gasteiger partial charge in [0.15, 0.2) is 11.5 Å². The molecule has 0 atom stereocenters. The number of hydrogen-bond acceptors (Lipinski definition) is 7. The van der Waals surface area contributed by atoms with E-state index in [-0.39, 0.29) is 12.7 Å². The van der Waals surface area contributed by atoms with Crippen LogP contribution in [0.1, 0.15) is 30.3 Å². The maximum absolute atomic E-state index is 12.9. The Morgan fingerprint density at radius 2 is 1.89 bits per heavy atom. The lowest BCUT2D eigenvalue weighted by atomic mass is 9.97. The maximum atomic E-state index is 12.9. The van der Waals surface area contributed by atoms with Gasteiger partial charge in [0.05, 0.1) is 22.0 Å². The number of aromatic amines is 1. The average Bonchev–Trinajstić information content (AvgIpc) is 3.64. The van der Waals surface area contributed by atoms with Crippen molar-refractivity contribution in [1.82, 2.24) is 19.3 Å². The number of piperidine rings is 1. The summed E-state index contributed by atoms with van der Waals surface area (Å²) in [6, 6.07) is 13.4. The van der Waals surface area contributed by atoms with Crippen LogP contribution in [0.15, 0.2) is 58.1 Å². The number of ether oxygens (including phenoxy) is 2. The molecule has 0 bridgehead atoms. The molecule has 2 aliphatic heterocycles. The minimum absolute atomic E-state index is 0.121. The van der Waals surface area contributed by atoms with Crippen molar-refractivity contribution in [2.75, 3.05) is 19.9 Å². The molecular formula is C25H24N4O4S2. The summed E-state index contributed by atoms with van der Waals surface area (Å²) < 4.78 is 38.5. The predicted octanol–water partition coefficient (Wildman–Crippen LogP) is 4.81. The quantitative estimate of drug-likeness (QED) is 0.416. The van der Waals surface area contributed by atoms with Crippen LogP contribution in [0.5, 0.6) is 11.5 Å². The molecule has 0 radical (unpaired) electrons. The van der Waals surface area contributed by atoms with Gasteiger partial charge in [-0.1, -0.05) is 6.07 Å². The smallest absolute Gasteiger partial charge is 0.243 e. The van der Waals surface area contributed by atoms with Crippen molar-refractivity contribution in [3.05, 3.63) is 64.7 Å². The summed E-state index contributed by atoms with van der Waals surface area (Å²) in [4.78, 5) is 13.6. The molecule has 180 valence electrons. The molecule has 5 heterocycles. The summed E-state index contributed by atoms with van der Waals surface area (Å²) in [5.41, 5.74) is 4.28. The van der Waals surface area contributed by atoms with E-state index in [0.29, 0.717) is 36.6 Å². The van der Waals surface area contributed by atoms with Crippen LogP contribution in [0, 0.1) is 6.92 Å². The van der Waals surface area contributed by atoms with Gasteiger partial charge in [0.2, 0.25) is 16.8 Å². The summed E-state index contributed by atoms with van der Waals surface area (Å²) in [6.07, 6.45) is 1.39. The molecule has 0 spiro atoms. The van der Waals surface area contributed by atoms with Gasteiger partial charge in [-0.3, -0.25) is 4.98 Å². The van der Waals surface area contributed by atoms with Gasteiger partial charge in [-0.25, -0.2) is 13.4 Å². The lowest BCUT2D eigenvalue weighted by Gasteiger charge is -2.30. The second kappa shape index (κ2) is 8.78. The number of sulfonamides is 1. The van der Waals surface area contributed by atoms with E-state index in [2.05, 4.69) is 4.98 Å². The maximum Gasteiger partial charge on any atom is 0.243 e. The third kappa shape index (κ3) is 4.11. The van der Waals surface area contributed by atoms with E-state index in [4.69, 9.17) is 19.4 Å². The van der Waals surface area contributed by atoms with Crippen molar-refractivity contribution in [3.63, 3.8) is 0 Å². The van der Waals surface area contributed by atoms with Crippen LogP contribution in [0.4, 0.5) is 0 Å². The van der Waals surface area contributed by atoms with E-state index in [1.54, 1.807) is 21.1 Å². The Balaban J connectivity index is 1.32. The number of aryl methyl sites for hydroxylation is 1. The van der Waals surface area contributed by atoms with Gasteiger partial charge in [0.25, 0.3) is 0 Å². The van der Waals surface area contributed by atoms with Crippen molar-refractivity contribution in [2.45, 2.75) is 30.6 Å². The standard InChI is InChI=1S/C25H24N4O4S2/c1-16-3-2-4-20(26-16)24-23(18-5-6-21-22(13-18)33-15-32-21)27-25(28-24)17-7-10-29(11-8-17)35(30,31)19-9-12-34-14-19/h2-6,9,12-14,17H,7-8,10-11,15H2,1H3,(H,27,28). The normalized spacial score (nSPS) is 16.6. The van der Waals surface area contributed by atoms with Crippen LogP contribution in [0.25, 0.3) is 22.6 Å². The van der Waals surface area contributed by atoms with Crippen molar-refractivity contribution in [1.29, 1.82) is 0 Å². The van der Waals surface area contributed by atoms with E-state index in [9.17, 15) is 8.42 Å². The van der Waals surface area contributed by atoms with Crippen LogP contribution in [-0.2, 0) is 10.0 Å². The fourth-order valence-electron chi connectivity index (χ4n) is 4.62. The Hall–Kier alpha value is -3.21. The lowest BCUT2D eigenvalue weighted by molar-refractivity contribution is 0.174. The molecule has 8 nitrogen and oxygen atoms in total. The first-order chi connectivity index (χ1) is 17.0. The van der Waals surface area contributed by atoms with Gasteiger partial charge < -0.3 is 14.5 Å². The highest BCUT2D eigenvalue weighted by atomic mass is 32.2. The number of hydrogen-bond donors (Lipinski definition) is 1. The largest absolute Gasteiger partial charge is 0.454 e. The Morgan fingerprint density at radius 3 is 2.66 bits per heavy atom. The molecule has 1 aromatic carbocycles. The zero-order chi connectivity index (χ0) is 24.0.